The molecule has 5 nitrogen and oxygen atoms in total. The number of pyridine rings is 1. The molecule has 0 saturated carbocycles. The van der Waals surface area contributed by atoms with E-state index >= 15 is 0 Å². The van der Waals surface area contributed by atoms with E-state index < -0.39 is 0 Å². The Kier molecular flexibility index (Phi) is 5.35. The van der Waals surface area contributed by atoms with E-state index in [0.717, 1.165) is 28.9 Å². The summed E-state index contributed by atoms with van der Waals surface area (Å²) in [6.07, 6.45) is 5.43. The zero-order valence-electron chi connectivity index (χ0n) is 15.1. The van der Waals surface area contributed by atoms with Crippen LogP contribution in [0.5, 0.6) is 0 Å². The molecule has 6 heteroatoms. The van der Waals surface area contributed by atoms with Crippen molar-refractivity contribution in [2.24, 2.45) is 0 Å². The molecule has 1 amide bonds. The van der Waals surface area contributed by atoms with Gasteiger partial charge < -0.3 is 9.73 Å². The van der Waals surface area contributed by atoms with Crippen LogP contribution in [0, 0.1) is 0 Å². The van der Waals surface area contributed by atoms with Crippen LogP contribution >= 0.6 is 11.6 Å². The van der Waals surface area contributed by atoms with Gasteiger partial charge in [-0.3, -0.25) is 9.78 Å². The number of carbonyl (C=O) groups excluding carboxylic acids is 1. The van der Waals surface area contributed by atoms with Crippen LogP contribution in [0.25, 0.3) is 22.6 Å². The maximum Gasteiger partial charge on any atom is 0.227 e. The van der Waals surface area contributed by atoms with E-state index in [0.29, 0.717) is 23.6 Å². The van der Waals surface area contributed by atoms with Crippen LogP contribution < -0.4 is 5.32 Å². The minimum absolute atomic E-state index is 0.0258. The van der Waals surface area contributed by atoms with Crippen LogP contribution in [0.2, 0.25) is 5.02 Å². The second-order valence-corrected chi connectivity index (χ2v) is 6.90. The van der Waals surface area contributed by atoms with Crippen molar-refractivity contribution in [3.05, 3.63) is 77.6 Å². The molecule has 1 N–H and O–H groups in total. The van der Waals surface area contributed by atoms with Gasteiger partial charge in [0.1, 0.15) is 5.52 Å². The van der Waals surface area contributed by atoms with E-state index in [2.05, 4.69) is 15.3 Å². The van der Waals surface area contributed by atoms with Crippen LogP contribution in [0.4, 0.5) is 5.69 Å². The number of rotatable bonds is 6. The first-order valence-electron chi connectivity index (χ1n) is 9.03. The summed E-state index contributed by atoms with van der Waals surface area (Å²) >= 11 is 5.89. The number of halogens is 1. The number of aromatic nitrogens is 2. The number of oxazole rings is 1. The third kappa shape index (κ3) is 4.38. The summed E-state index contributed by atoms with van der Waals surface area (Å²) in [7, 11) is 0. The summed E-state index contributed by atoms with van der Waals surface area (Å²) in [5.41, 5.74) is 4.10. The highest BCUT2D eigenvalue weighted by atomic mass is 35.5. The van der Waals surface area contributed by atoms with Crippen LogP contribution in [0.1, 0.15) is 18.4 Å². The lowest BCUT2D eigenvalue weighted by Gasteiger charge is -2.05. The third-order valence-corrected chi connectivity index (χ3v) is 4.63. The monoisotopic (exact) mass is 391 g/mol. The van der Waals surface area contributed by atoms with Crippen molar-refractivity contribution < 1.29 is 9.21 Å². The fraction of sp³-hybridized carbons (Fsp3) is 0.136. The van der Waals surface area contributed by atoms with Gasteiger partial charge in [-0.2, -0.15) is 0 Å². The number of carbonyl (C=O) groups is 1. The van der Waals surface area contributed by atoms with Crippen molar-refractivity contribution in [3.8, 4) is 11.5 Å². The van der Waals surface area contributed by atoms with E-state index in [1.165, 1.54) is 5.56 Å². The fourth-order valence-electron chi connectivity index (χ4n) is 2.95. The number of amides is 1. The number of hydrogen-bond acceptors (Lipinski definition) is 4. The van der Waals surface area contributed by atoms with Crippen molar-refractivity contribution in [3.63, 3.8) is 0 Å². The molecule has 4 rings (SSSR count). The number of anilines is 1. The first-order chi connectivity index (χ1) is 13.7. The molecule has 0 spiro atoms. The first kappa shape index (κ1) is 18.2. The molecule has 4 aromatic rings. The van der Waals surface area contributed by atoms with Gasteiger partial charge >= 0.3 is 0 Å². The molecule has 0 saturated heterocycles. The van der Waals surface area contributed by atoms with Crippen molar-refractivity contribution in [1.82, 2.24) is 9.97 Å². The van der Waals surface area contributed by atoms with Gasteiger partial charge in [-0.25, -0.2) is 4.98 Å². The van der Waals surface area contributed by atoms with E-state index in [1.807, 2.05) is 48.5 Å². The summed E-state index contributed by atoms with van der Waals surface area (Å²) in [5.74, 6) is 0.506. The minimum atomic E-state index is -0.0258. The zero-order valence-corrected chi connectivity index (χ0v) is 15.8. The molecule has 0 fully saturated rings. The normalized spacial score (nSPS) is 10.9. The van der Waals surface area contributed by atoms with Crippen molar-refractivity contribution >= 4 is 34.3 Å². The predicted octanol–water partition coefficient (Wildman–Crippen LogP) is 5.50. The Labute approximate surface area is 167 Å². The quantitative estimate of drug-likeness (QED) is 0.471. The maximum absolute atomic E-state index is 12.2. The van der Waals surface area contributed by atoms with Crippen LogP contribution in [-0.2, 0) is 11.2 Å². The van der Waals surface area contributed by atoms with E-state index in [-0.39, 0.29) is 5.91 Å². The number of nitrogens with zero attached hydrogens (tertiary/aromatic N) is 2. The van der Waals surface area contributed by atoms with Crippen molar-refractivity contribution in [1.29, 1.82) is 0 Å². The van der Waals surface area contributed by atoms with Gasteiger partial charge in [0, 0.05) is 41.2 Å². The fourth-order valence-corrected chi connectivity index (χ4v) is 3.07. The molecule has 0 aliphatic heterocycles. The Morgan fingerprint density at radius 2 is 1.82 bits per heavy atom. The molecule has 2 aromatic heterocycles. The Morgan fingerprint density at radius 1 is 1.04 bits per heavy atom. The van der Waals surface area contributed by atoms with Crippen molar-refractivity contribution in [2.75, 3.05) is 5.32 Å². The van der Waals surface area contributed by atoms with Crippen molar-refractivity contribution in [2.45, 2.75) is 19.3 Å². The smallest absolute Gasteiger partial charge is 0.227 e. The molecule has 0 aliphatic carbocycles. The SMILES string of the molecule is O=C(CCCc1ccc(Cl)cc1)Nc1ccc2nc(-c3ccncc3)oc2c1. The molecule has 0 unspecified atom stereocenters. The molecule has 2 aromatic carbocycles. The topological polar surface area (TPSA) is 68.0 Å². The van der Waals surface area contributed by atoms with Gasteiger partial charge in [0.05, 0.1) is 0 Å². The van der Waals surface area contributed by atoms with Gasteiger partial charge in [0.15, 0.2) is 5.58 Å². The van der Waals surface area contributed by atoms with Gasteiger partial charge in [-0.1, -0.05) is 23.7 Å². The van der Waals surface area contributed by atoms with Gasteiger partial charge in [0.25, 0.3) is 0 Å². The summed E-state index contributed by atoms with van der Waals surface area (Å²) in [6, 6.07) is 16.8. The van der Waals surface area contributed by atoms with Crippen LogP contribution in [0.15, 0.2) is 71.4 Å². The average molecular weight is 392 g/mol. The number of fused-ring (bicyclic) bond motifs is 1. The lowest BCUT2D eigenvalue weighted by Crippen LogP contribution is -2.11. The minimum Gasteiger partial charge on any atom is -0.436 e. The Bertz CT molecular complexity index is 1090. The zero-order chi connectivity index (χ0) is 19.3. The molecule has 0 atom stereocenters. The summed E-state index contributed by atoms with van der Waals surface area (Å²) in [5, 5.41) is 3.64. The lowest BCUT2D eigenvalue weighted by atomic mass is 10.1. The Hall–Kier alpha value is -3.18. The molecular formula is C22H18ClN3O2. The lowest BCUT2D eigenvalue weighted by molar-refractivity contribution is -0.116. The molecule has 0 aliphatic rings. The van der Waals surface area contributed by atoms with E-state index in [1.54, 1.807) is 18.5 Å². The number of benzene rings is 2. The summed E-state index contributed by atoms with van der Waals surface area (Å²) in [6.45, 7) is 0. The number of aryl methyl sites for hydroxylation is 1. The van der Waals surface area contributed by atoms with Gasteiger partial charge in [-0.15, -0.1) is 0 Å². The summed E-state index contributed by atoms with van der Waals surface area (Å²) < 4.78 is 5.82. The molecule has 2 heterocycles. The maximum atomic E-state index is 12.2. The molecule has 0 bridgehead atoms. The first-order valence-corrected chi connectivity index (χ1v) is 9.40. The molecular weight excluding hydrogens is 374 g/mol. The van der Waals surface area contributed by atoms with E-state index in [4.69, 9.17) is 16.0 Å². The average Bonchev–Trinajstić information content (AvgIpc) is 3.14. The van der Waals surface area contributed by atoms with E-state index in [9.17, 15) is 4.79 Å². The highest BCUT2D eigenvalue weighted by molar-refractivity contribution is 6.30. The second kappa shape index (κ2) is 8.23. The van der Waals surface area contributed by atoms with Gasteiger partial charge in [0.2, 0.25) is 11.8 Å². The third-order valence-electron chi connectivity index (χ3n) is 4.38. The standard InChI is InChI=1S/C22H18ClN3O2/c23-17-6-4-15(5-7-17)2-1-3-21(27)25-18-8-9-19-20(14-18)28-22(26-19)16-10-12-24-13-11-16/h4-14H,1-3H2,(H,25,27). The number of nitrogens with one attached hydrogen (secondary N) is 1. The Morgan fingerprint density at radius 3 is 2.61 bits per heavy atom. The Balaban J connectivity index is 1.37. The largest absolute Gasteiger partial charge is 0.436 e. The van der Waals surface area contributed by atoms with Crippen LogP contribution in [0.3, 0.4) is 0 Å². The summed E-state index contributed by atoms with van der Waals surface area (Å²) in [4.78, 5) is 20.7. The predicted molar refractivity (Wildman–Crippen MR) is 110 cm³/mol. The molecule has 28 heavy (non-hydrogen) atoms. The molecule has 140 valence electrons. The van der Waals surface area contributed by atoms with Gasteiger partial charge in [-0.05, 0) is 54.8 Å². The highest BCUT2D eigenvalue weighted by Crippen LogP contribution is 2.26. The number of hydrogen-bond donors (Lipinski definition) is 1. The second-order valence-electron chi connectivity index (χ2n) is 6.47. The highest BCUT2D eigenvalue weighted by Gasteiger charge is 2.10. The molecule has 0 radical (unpaired) electrons. The van der Waals surface area contributed by atoms with Crippen LogP contribution in [-0.4, -0.2) is 15.9 Å².